The third-order valence-corrected chi connectivity index (χ3v) is 7.92. The molecule has 216 valence electrons. The number of hydrogen-bond acceptors (Lipinski definition) is 7. The summed E-state index contributed by atoms with van der Waals surface area (Å²) in [6.45, 7) is 9.15. The highest BCUT2D eigenvalue weighted by atomic mass is 127. The summed E-state index contributed by atoms with van der Waals surface area (Å²) >= 11 is 2.35. The first-order valence-corrected chi connectivity index (χ1v) is 14.5. The molecule has 1 aliphatic carbocycles. The molecule has 0 amide bonds. The topological polar surface area (TPSA) is 64.6 Å². The van der Waals surface area contributed by atoms with Crippen molar-refractivity contribution in [2.45, 2.75) is 50.3 Å². The second-order valence-corrected chi connectivity index (χ2v) is 11.0. The van der Waals surface area contributed by atoms with E-state index in [2.05, 4.69) is 60.0 Å². The summed E-state index contributed by atoms with van der Waals surface area (Å²) in [5.74, 6) is 0.793. The maximum absolute atomic E-state index is 6.97. The number of allylic oxidation sites excluding steroid dienone is 2. The standard InChI is InChI=1S/C32H39IO7/c1-6-8-22-10-11-28(37-21-34-3)25(16-22)26-17-23(9-7-2)18-27(33)31(26)40-29-20-32(38-14-15-39-32)13-12-24(29)19-30(35-4)36-5/h6-7,10-12,16-18,29-30H,1-2,8-9,13-15,19-21H2,3-5H3. The zero-order valence-corrected chi connectivity index (χ0v) is 25.7. The molecular formula is C32H39IO7. The normalized spacial score (nSPS) is 18.1. The third-order valence-electron chi connectivity index (χ3n) is 7.12. The highest BCUT2D eigenvalue weighted by Gasteiger charge is 2.43. The minimum absolute atomic E-state index is 0.134. The van der Waals surface area contributed by atoms with Crippen LogP contribution in [0.15, 0.2) is 67.3 Å². The molecule has 1 spiro atoms. The first-order chi connectivity index (χ1) is 19.5. The Morgan fingerprint density at radius 3 is 2.38 bits per heavy atom. The van der Waals surface area contributed by atoms with Gasteiger partial charge in [0.25, 0.3) is 0 Å². The molecule has 0 radical (unpaired) electrons. The Kier molecular flexibility index (Phi) is 11.2. The van der Waals surface area contributed by atoms with E-state index >= 15 is 0 Å². The highest BCUT2D eigenvalue weighted by molar-refractivity contribution is 14.1. The van der Waals surface area contributed by atoms with E-state index in [1.54, 1.807) is 21.3 Å². The van der Waals surface area contributed by atoms with Crippen LogP contribution in [0.25, 0.3) is 11.1 Å². The van der Waals surface area contributed by atoms with Crippen molar-refractivity contribution in [1.82, 2.24) is 0 Å². The van der Waals surface area contributed by atoms with Crippen molar-refractivity contribution in [3.05, 3.63) is 82.0 Å². The van der Waals surface area contributed by atoms with E-state index in [0.717, 1.165) is 50.0 Å². The Hall–Kier alpha value is -2.21. The van der Waals surface area contributed by atoms with Gasteiger partial charge in [0.1, 0.15) is 17.6 Å². The van der Waals surface area contributed by atoms with E-state index in [1.807, 2.05) is 24.3 Å². The van der Waals surface area contributed by atoms with Gasteiger partial charge in [-0.3, -0.25) is 0 Å². The highest BCUT2D eigenvalue weighted by Crippen LogP contribution is 2.44. The molecule has 8 heteroatoms. The van der Waals surface area contributed by atoms with E-state index in [-0.39, 0.29) is 19.2 Å². The monoisotopic (exact) mass is 662 g/mol. The Balaban J connectivity index is 1.81. The van der Waals surface area contributed by atoms with Gasteiger partial charge >= 0.3 is 0 Å². The van der Waals surface area contributed by atoms with Crippen LogP contribution in [0.1, 0.15) is 30.4 Å². The molecular weight excluding hydrogens is 623 g/mol. The van der Waals surface area contributed by atoms with Crippen LogP contribution in [0.5, 0.6) is 11.5 Å². The quantitative estimate of drug-likeness (QED) is 0.128. The molecule has 0 aromatic heterocycles. The summed E-state index contributed by atoms with van der Waals surface area (Å²) in [6.07, 6.45) is 8.52. The smallest absolute Gasteiger partial charge is 0.188 e. The average Bonchev–Trinajstić information content (AvgIpc) is 3.41. The predicted molar refractivity (Wildman–Crippen MR) is 164 cm³/mol. The second-order valence-electron chi connectivity index (χ2n) is 9.83. The van der Waals surface area contributed by atoms with Gasteiger partial charge in [0.15, 0.2) is 18.9 Å². The number of halogens is 1. The summed E-state index contributed by atoms with van der Waals surface area (Å²) in [4.78, 5) is 0. The molecule has 40 heavy (non-hydrogen) atoms. The van der Waals surface area contributed by atoms with E-state index in [4.69, 9.17) is 33.2 Å². The van der Waals surface area contributed by atoms with Crippen molar-refractivity contribution in [2.24, 2.45) is 0 Å². The summed E-state index contributed by atoms with van der Waals surface area (Å²) in [5, 5.41) is 0. The second kappa shape index (κ2) is 14.6. The molecule has 7 nitrogen and oxygen atoms in total. The Bertz CT molecular complexity index is 1200. The van der Waals surface area contributed by atoms with Crippen molar-refractivity contribution in [1.29, 1.82) is 0 Å². The molecule has 2 aromatic carbocycles. The summed E-state index contributed by atoms with van der Waals surface area (Å²) in [6, 6.07) is 10.5. The van der Waals surface area contributed by atoms with Gasteiger partial charge in [0.05, 0.1) is 16.8 Å². The molecule has 1 aliphatic heterocycles. The molecule has 4 rings (SSSR count). The first kappa shape index (κ1) is 30.7. The van der Waals surface area contributed by atoms with Crippen LogP contribution in [0.4, 0.5) is 0 Å². The fourth-order valence-electron chi connectivity index (χ4n) is 5.16. The van der Waals surface area contributed by atoms with Gasteiger partial charge < -0.3 is 33.2 Å². The van der Waals surface area contributed by atoms with Crippen molar-refractivity contribution in [3.63, 3.8) is 0 Å². The maximum Gasteiger partial charge on any atom is 0.188 e. The lowest BCUT2D eigenvalue weighted by molar-refractivity contribution is -0.175. The zero-order chi connectivity index (χ0) is 28.5. The fourth-order valence-corrected chi connectivity index (χ4v) is 5.98. The third kappa shape index (κ3) is 7.35. The lowest BCUT2D eigenvalue weighted by atomic mass is 9.89. The first-order valence-electron chi connectivity index (χ1n) is 13.4. The lowest BCUT2D eigenvalue weighted by Gasteiger charge is -2.37. The minimum atomic E-state index is -0.686. The van der Waals surface area contributed by atoms with E-state index in [1.165, 1.54) is 0 Å². The van der Waals surface area contributed by atoms with Crippen LogP contribution in [-0.4, -0.2) is 59.5 Å². The fraction of sp³-hybridized carbons (Fsp3) is 0.438. The molecule has 2 aliphatic rings. The van der Waals surface area contributed by atoms with Crippen molar-refractivity contribution < 1.29 is 33.2 Å². The molecule has 1 saturated heterocycles. The number of hydrogen-bond donors (Lipinski definition) is 0. The van der Waals surface area contributed by atoms with Gasteiger partial charge in [-0.25, -0.2) is 0 Å². The van der Waals surface area contributed by atoms with Gasteiger partial charge in [-0.1, -0.05) is 24.3 Å². The number of ether oxygens (including phenoxy) is 7. The van der Waals surface area contributed by atoms with Crippen LogP contribution < -0.4 is 9.47 Å². The van der Waals surface area contributed by atoms with Crippen molar-refractivity contribution in [3.8, 4) is 22.6 Å². The molecule has 0 N–H and O–H groups in total. The maximum atomic E-state index is 6.97. The van der Waals surface area contributed by atoms with Gasteiger partial charge in [0.2, 0.25) is 0 Å². The Labute approximate surface area is 251 Å². The van der Waals surface area contributed by atoms with Gasteiger partial charge in [-0.15, -0.1) is 13.2 Å². The SMILES string of the molecule is C=CCc1ccc(OCOC)c(-c2cc(CC=C)cc(I)c2OC2CC3(CC=C2CC(OC)OC)OCCO3)c1. The Morgan fingerprint density at radius 2 is 1.70 bits per heavy atom. The van der Waals surface area contributed by atoms with Crippen LogP contribution in [0, 0.1) is 3.57 Å². The largest absolute Gasteiger partial charge is 0.484 e. The van der Waals surface area contributed by atoms with E-state index in [0.29, 0.717) is 38.2 Å². The van der Waals surface area contributed by atoms with E-state index in [9.17, 15) is 0 Å². The van der Waals surface area contributed by atoms with Crippen LogP contribution in [0.3, 0.4) is 0 Å². The van der Waals surface area contributed by atoms with Gasteiger partial charge in [-0.05, 0) is 76.4 Å². The molecule has 0 saturated carbocycles. The number of benzene rings is 2. The van der Waals surface area contributed by atoms with Crippen molar-refractivity contribution >= 4 is 22.6 Å². The van der Waals surface area contributed by atoms with Crippen LogP contribution in [-0.2, 0) is 36.5 Å². The molecule has 0 bridgehead atoms. The van der Waals surface area contributed by atoms with Crippen LogP contribution in [0.2, 0.25) is 0 Å². The number of methoxy groups -OCH3 is 3. The molecule has 1 unspecified atom stereocenters. The van der Waals surface area contributed by atoms with Crippen molar-refractivity contribution in [2.75, 3.05) is 41.3 Å². The summed E-state index contributed by atoms with van der Waals surface area (Å²) < 4.78 is 42.5. The molecule has 1 fully saturated rings. The lowest BCUT2D eigenvalue weighted by Crippen LogP contribution is -2.41. The van der Waals surface area contributed by atoms with Gasteiger partial charge in [0, 0.05) is 51.7 Å². The molecule has 1 heterocycles. The Morgan fingerprint density at radius 1 is 1.00 bits per heavy atom. The summed E-state index contributed by atoms with van der Waals surface area (Å²) in [7, 11) is 4.91. The van der Waals surface area contributed by atoms with E-state index < -0.39 is 5.79 Å². The number of rotatable bonds is 14. The average molecular weight is 663 g/mol. The van der Waals surface area contributed by atoms with Crippen LogP contribution >= 0.6 is 22.6 Å². The summed E-state index contributed by atoms with van der Waals surface area (Å²) in [5.41, 5.74) is 5.20. The molecule has 2 aromatic rings. The predicted octanol–water partition coefficient (Wildman–Crippen LogP) is 6.62. The minimum Gasteiger partial charge on any atom is -0.484 e. The zero-order valence-electron chi connectivity index (χ0n) is 23.6. The van der Waals surface area contributed by atoms with Gasteiger partial charge in [-0.2, -0.15) is 0 Å². The molecule has 1 atom stereocenters.